The smallest absolute Gasteiger partial charge is 0.133 e. The zero-order valence-electron chi connectivity index (χ0n) is 18.2. The van der Waals surface area contributed by atoms with Crippen molar-refractivity contribution in [3.05, 3.63) is 29.8 Å². The summed E-state index contributed by atoms with van der Waals surface area (Å²) in [5.74, 6) is 4.30. The van der Waals surface area contributed by atoms with Crippen molar-refractivity contribution in [2.24, 2.45) is 34.5 Å². The number of aliphatic hydroxyl groups is 1. The second kappa shape index (κ2) is 6.83. The van der Waals surface area contributed by atoms with E-state index < -0.39 is 0 Å². The van der Waals surface area contributed by atoms with Crippen molar-refractivity contribution in [1.82, 2.24) is 0 Å². The molecular weight excluding hydrogens is 360 g/mol. The third-order valence-electron chi connectivity index (χ3n) is 9.93. The topological polar surface area (TPSA) is 46.5 Å². The van der Waals surface area contributed by atoms with Crippen molar-refractivity contribution in [2.45, 2.75) is 77.2 Å². The minimum Gasteiger partial charge on any atom is -0.497 e. The van der Waals surface area contributed by atoms with Crippen LogP contribution in [0.15, 0.2) is 24.3 Å². The van der Waals surface area contributed by atoms with E-state index in [1.807, 2.05) is 0 Å². The Labute approximate surface area is 175 Å². The number of aliphatic hydroxyl groups excluding tert-OH is 1. The Bertz CT molecular complexity index is 786. The maximum Gasteiger partial charge on any atom is 0.133 e. The minimum absolute atomic E-state index is 0.0272. The Hall–Kier alpha value is -1.35. The second-order valence-electron chi connectivity index (χ2n) is 11.0. The van der Waals surface area contributed by atoms with Gasteiger partial charge < -0.3 is 9.84 Å². The number of rotatable bonds is 2. The van der Waals surface area contributed by atoms with Crippen LogP contribution in [0, 0.1) is 34.5 Å². The first kappa shape index (κ1) is 19.6. The van der Waals surface area contributed by atoms with Gasteiger partial charge in [0.2, 0.25) is 0 Å². The lowest BCUT2D eigenvalue weighted by atomic mass is 9.42. The molecular formula is C26H36O3. The highest BCUT2D eigenvalue weighted by molar-refractivity contribution is 5.79. The standard InChI is InChI=1S/C26H36O3/c1-25-13-12-18(27)14-17(25)6-9-20-22-10-11-23(28)26(22,2)15-21(24(20)25)16-4-7-19(29-3)8-5-16/h4-5,7-8,17,20-24,28H,6,9-15H2,1-3H3/t17-,20-,21+,22-,23-,24+,25-,26-/m0/s1. The first-order chi connectivity index (χ1) is 13.9. The van der Waals surface area contributed by atoms with Gasteiger partial charge in [0.1, 0.15) is 11.5 Å². The highest BCUT2D eigenvalue weighted by atomic mass is 16.5. The number of carbonyl (C=O) groups excluding carboxylic acids is 1. The zero-order valence-corrected chi connectivity index (χ0v) is 18.2. The summed E-state index contributed by atoms with van der Waals surface area (Å²) in [5.41, 5.74) is 1.67. The Kier molecular flexibility index (Phi) is 4.62. The summed E-state index contributed by atoms with van der Waals surface area (Å²) in [6, 6.07) is 8.70. The Balaban J connectivity index is 1.59. The number of benzene rings is 1. The summed E-state index contributed by atoms with van der Waals surface area (Å²) in [6.45, 7) is 4.87. The largest absolute Gasteiger partial charge is 0.497 e. The SMILES string of the molecule is COc1ccc([C@H]2C[C@]3(C)[C@@H](O)CC[C@H]3[C@@H]3CC[C@H]4CC(=O)CC[C@]4(C)[C@H]32)cc1. The molecule has 0 heterocycles. The predicted molar refractivity (Wildman–Crippen MR) is 114 cm³/mol. The van der Waals surface area contributed by atoms with E-state index in [-0.39, 0.29) is 16.9 Å². The second-order valence-corrected chi connectivity index (χ2v) is 11.0. The monoisotopic (exact) mass is 396 g/mol. The van der Waals surface area contributed by atoms with Gasteiger partial charge in [0, 0.05) is 12.8 Å². The van der Waals surface area contributed by atoms with E-state index in [1.54, 1.807) is 7.11 Å². The molecule has 3 heteroatoms. The zero-order chi connectivity index (χ0) is 20.4. The molecule has 0 aliphatic heterocycles. The molecule has 29 heavy (non-hydrogen) atoms. The summed E-state index contributed by atoms with van der Waals surface area (Å²) in [5, 5.41) is 11.0. The summed E-state index contributed by atoms with van der Waals surface area (Å²) in [7, 11) is 1.72. The van der Waals surface area contributed by atoms with E-state index in [4.69, 9.17) is 4.74 Å². The van der Waals surface area contributed by atoms with Crippen molar-refractivity contribution in [3.8, 4) is 5.75 Å². The van der Waals surface area contributed by atoms with E-state index >= 15 is 0 Å². The number of methoxy groups -OCH3 is 1. The molecule has 0 amide bonds. The molecule has 4 aliphatic rings. The molecule has 0 saturated heterocycles. The Morgan fingerprint density at radius 1 is 1.03 bits per heavy atom. The minimum atomic E-state index is -0.173. The third kappa shape index (κ3) is 2.83. The van der Waals surface area contributed by atoms with E-state index in [0.717, 1.165) is 37.9 Å². The van der Waals surface area contributed by atoms with Gasteiger partial charge in [0.05, 0.1) is 13.2 Å². The van der Waals surface area contributed by atoms with Gasteiger partial charge in [-0.3, -0.25) is 4.79 Å². The maximum atomic E-state index is 12.3. The normalized spacial score (nSPS) is 46.6. The van der Waals surface area contributed by atoms with E-state index in [0.29, 0.717) is 35.4 Å². The number of ether oxygens (including phenoxy) is 1. The lowest BCUT2D eigenvalue weighted by Gasteiger charge is -2.62. The molecule has 8 atom stereocenters. The fourth-order valence-electron chi connectivity index (χ4n) is 8.38. The van der Waals surface area contributed by atoms with Crippen LogP contribution in [0.3, 0.4) is 0 Å². The van der Waals surface area contributed by atoms with Gasteiger partial charge in [-0.25, -0.2) is 0 Å². The number of fused-ring (bicyclic) bond motifs is 5. The first-order valence-corrected chi connectivity index (χ1v) is 11.7. The van der Waals surface area contributed by atoms with E-state index in [1.165, 1.54) is 24.8 Å². The first-order valence-electron chi connectivity index (χ1n) is 11.7. The molecule has 0 unspecified atom stereocenters. The van der Waals surface area contributed by atoms with Crippen molar-refractivity contribution < 1.29 is 14.6 Å². The maximum absolute atomic E-state index is 12.3. The van der Waals surface area contributed by atoms with Gasteiger partial charge >= 0.3 is 0 Å². The van der Waals surface area contributed by atoms with E-state index in [2.05, 4.69) is 38.1 Å². The van der Waals surface area contributed by atoms with Crippen LogP contribution >= 0.6 is 0 Å². The molecule has 1 aromatic rings. The van der Waals surface area contributed by atoms with Gasteiger partial charge in [-0.1, -0.05) is 26.0 Å². The Morgan fingerprint density at radius 3 is 2.52 bits per heavy atom. The molecule has 1 aromatic carbocycles. The summed E-state index contributed by atoms with van der Waals surface area (Å²) < 4.78 is 5.41. The van der Waals surface area contributed by atoms with Crippen molar-refractivity contribution >= 4 is 5.78 Å². The van der Waals surface area contributed by atoms with Crippen molar-refractivity contribution in [3.63, 3.8) is 0 Å². The molecule has 4 aliphatic carbocycles. The van der Waals surface area contributed by atoms with Crippen LogP contribution in [0.1, 0.15) is 76.7 Å². The average Bonchev–Trinajstić information content (AvgIpc) is 3.02. The molecule has 0 bridgehead atoms. The van der Waals surface area contributed by atoms with Crippen LogP contribution in [-0.2, 0) is 4.79 Å². The number of hydrogen-bond acceptors (Lipinski definition) is 3. The molecule has 1 N–H and O–H groups in total. The predicted octanol–water partition coefficient (Wildman–Crippen LogP) is 5.36. The lowest BCUT2D eigenvalue weighted by Crippen LogP contribution is -2.56. The van der Waals surface area contributed by atoms with Gasteiger partial charge in [-0.05, 0) is 96.6 Å². The Morgan fingerprint density at radius 2 is 1.79 bits per heavy atom. The molecule has 0 radical (unpaired) electrons. The van der Waals surface area contributed by atoms with Crippen LogP contribution in [-0.4, -0.2) is 24.1 Å². The lowest BCUT2D eigenvalue weighted by molar-refractivity contribution is -0.147. The van der Waals surface area contributed by atoms with Crippen LogP contribution in [0.2, 0.25) is 0 Å². The highest BCUT2D eigenvalue weighted by Crippen LogP contribution is 2.69. The van der Waals surface area contributed by atoms with Gasteiger partial charge in [0.15, 0.2) is 0 Å². The number of hydrogen-bond donors (Lipinski definition) is 1. The van der Waals surface area contributed by atoms with Gasteiger partial charge in [-0.2, -0.15) is 0 Å². The van der Waals surface area contributed by atoms with Crippen molar-refractivity contribution in [1.29, 1.82) is 0 Å². The number of ketones is 1. The number of Topliss-reactive ketones (excluding diaryl/α,β-unsaturated/α-hetero) is 1. The molecule has 0 aromatic heterocycles. The van der Waals surface area contributed by atoms with Crippen LogP contribution in [0.4, 0.5) is 0 Å². The third-order valence-corrected chi connectivity index (χ3v) is 9.93. The quantitative estimate of drug-likeness (QED) is 0.732. The fourth-order valence-corrected chi connectivity index (χ4v) is 8.38. The molecule has 4 fully saturated rings. The summed E-state index contributed by atoms with van der Waals surface area (Å²) >= 11 is 0. The average molecular weight is 397 g/mol. The summed E-state index contributed by atoms with van der Waals surface area (Å²) in [6.07, 6.45) is 8.06. The van der Waals surface area contributed by atoms with Crippen LogP contribution in [0.5, 0.6) is 5.75 Å². The van der Waals surface area contributed by atoms with E-state index in [9.17, 15) is 9.90 Å². The fraction of sp³-hybridized carbons (Fsp3) is 0.731. The summed E-state index contributed by atoms with van der Waals surface area (Å²) in [4.78, 5) is 12.3. The van der Waals surface area contributed by atoms with Crippen LogP contribution < -0.4 is 4.74 Å². The number of carbonyl (C=O) groups is 1. The van der Waals surface area contributed by atoms with Crippen LogP contribution in [0.25, 0.3) is 0 Å². The molecule has 5 rings (SSSR count). The molecule has 3 nitrogen and oxygen atoms in total. The van der Waals surface area contributed by atoms with Crippen molar-refractivity contribution in [2.75, 3.05) is 7.11 Å². The van der Waals surface area contributed by atoms with Gasteiger partial charge in [-0.15, -0.1) is 0 Å². The molecule has 0 spiro atoms. The van der Waals surface area contributed by atoms with Gasteiger partial charge in [0.25, 0.3) is 0 Å². The molecule has 158 valence electrons. The highest BCUT2D eigenvalue weighted by Gasteiger charge is 2.63. The molecule has 4 saturated carbocycles.